The van der Waals surface area contributed by atoms with E-state index in [1.165, 1.54) is 18.9 Å². The molecule has 0 radical (unpaired) electrons. The van der Waals surface area contributed by atoms with E-state index in [1.807, 2.05) is 37.3 Å². The third-order valence-corrected chi connectivity index (χ3v) is 12.8. The second-order valence-electron chi connectivity index (χ2n) is 16.6. The van der Waals surface area contributed by atoms with Crippen molar-refractivity contribution < 1.29 is 71.4 Å². The van der Waals surface area contributed by atoms with Crippen LogP contribution in [0.5, 0.6) is 0 Å². The van der Waals surface area contributed by atoms with Crippen LogP contribution < -0.4 is 11.4 Å². The molecule has 1 aromatic heterocycles. The summed E-state index contributed by atoms with van der Waals surface area (Å²) in [6.07, 6.45) is 23.2. The maximum Gasteiger partial charge on any atom is 0.481 e. The largest absolute Gasteiger partial charge is 0.481 e. The molecule has 376 valence electrons. The van der Waals surface area contributed by atoms with Crippen LogP contribution >= 0.6 is 15.6 Å². The first-order valence-electron chi connectivity index (χ1n) is 23.1. The summed E-state index contributed by atoms with van der Waals surface area (Å²) in [5.41, 5.74) is 4.57. The molecular weight excluding hydrogens is 900 g/mol. The number of nitrogens with zero attached hydrogens (tertiary/aromatic N) is 2. The lowest BCUT2D eigenvalue weighted by atomic mass is 10.0. The van der Waals surface area contributed by atoms with E-state index in [9.17, 15) is 48.6 Å². The molecule has 1 saturated heterocycles. The topological polar surface area (TPSA) is 286 Å². The zero-order chi connectivity index (χ0) is 48.8. The molecule has 1 aliphatic rings. The molecule has 0 spiro atoms. The number of aliphatic hydroxyl groups excluding tert-OH is 3. The van der Waals surface area contributed by atoms with Crippen molar-refractivity contribution in [2.24, 2.45) is 5.92 Å². The van der Waals surface area contributed by atoms with Crippen LogP contribution in [0.25, 0.3) is 0 Å². The van der Waals surface area contributed by atoms with Crippen LogP contribution in [0, 0.1) is 5.92 Å². The molecular formula is C45H75N3O16P2. The van der Waals surface area contributed by atoms with Gasteiger partial charge < -0.3 is 45.1 Å². The zero-order valence-electron chi connectivity index (χ0n) is 38.8. The smallest absolute Gasteiger partial charge is 0.462 e. The number of anilines is 1. The molecule has 0 amide bonds. The van der Waals surface area contributed by atoms with Crippen LogP contribution in [-0.4, -0.2) is 96.9 Å². The van der Waals surface area contributed by atoms with E-state index >= 15 is 0 Å². The van der Waals surface area contributed by atoms with Crippen LogP contribution in [0.1, 0.15) is 143 Å². The van der Waals surface area contributed by atoms with Crippen molar-refractivity contribution in [2.45, 2.75) is 173 Å². The van der Waals surface area contributed by atoms with Crippen LogP contribution in [0.2, 0.25) is 0 Å². The minimum absolute atomic E-state index is 0.0282. The number of allylic oxidation sites excluding steroid dienone is 7. The summed E-state index contributed by atoms with van der Waals surface area (Å²) >= 11 is 0. The Morgan fingerprint density at radius 2 is 1.41 bits per heavy atom. The van der Waals surface area contributed by atoms with Crippen LogP contribution in [0.4, 0.5) is 5.82 Å². The fourth-order valence-corrected chi connectivity index (χ4v) is 8.67. The Hall–Kier alpha value is -3.32. The molecule has 0 saturated carbocycles. The van der Waals surface area contributed by atoms with Crippen molar-refractivity contribution in [3.8, 4) is 0 Å². The molecule has 1 aliphatic heterocycles. The number of nitrogens with two attached hydrogens (primary N) is 1. The molecule has 1 aromatic rings. The van der Waals surface area contributed by atoms with Crippen LogP contribution in [0.3, 0.4) is 0 Å². The van der Waals surface area contributed by atoms with E-state index in [1.54, 1.807) is 0 Å². The zero-order valence-corrected chi connectivity index (χ0v) is 40.5. The van der Waals surface area contributed by atoms with Gasteiger partial charge >= 0.3 is 33.3 Å². The van der Waals surface area contributed by atoms with Gasteiger partial charge in [0.05, 0.1) is 19.3 Å². The van der Waals surface area contributed by atoms with Gasteiger partial charge in [-0.1, -0.05) is 121 Å². The quantitative estimate of drug-likeness (QED) is 0.0165. The van der Waals surface area contributed by atoms with E-state index in [-0.39, 0.29) is 24.8 Å². The summed E-state index contributed by atoms with van der Waals surface area (Å²) in [5, 5.41) is 30.6. The fourth-order valence-electron chi connectivity index (χ4n) is 6.56. The molecule has 2 rings (SSSR count). The number of aromatic nitrogens is 2. The van der Waals surface area contributed by atoms with Crippen molar-refractivity contribution in [1.29, 1.82) is 0 Å². The van der Waals surface area contributed by atoms with Gasteiger partial charge in [0.1, 0.15) is 30.7 Å². The number of phosphoric ester groups is 2. The number of esters is 2. The highest BCUT2D eigenvalue weighted by Crippen LogP contribution is 2.60. The lowest BCUT2D eigenvalue weighted by Crippen LogP contribution is -2.36. The molecule has 21 heteroatoms. The van der Waals surface area contributed by atoms with Crippen molar-refractivity contribution in [3.63, 3.8) is 0 Å². The predicted molar refractivity (Wildman–Crippen MR) is 248 cm³/mol. The predicted octanol–water partition coefficient (Wildman–Crippen LogP) is 7.43. The summed E-state index contributed by atoms with van der Waals surface area (Å²) in [6.45, 7) is 4.07. The molecule has 66 heavy (non-hydrogen) atoms. The third kappa shape index (κ3) is 26.9. The maximum atomic E-state index is 12.8. The molecule has 0 aromatic carbocycles. The lowest BCUT2D eigenvalue weighted by Gasteiger charge is -2.21. The fraction of sp³-hybridized carbons (Fsp3) is 0.689. The molecule has 0 bridgehead atoms. The Morgan fingerprint density at radius 3 is 2.05 bits per heavy atom. The third-order valence-electron chi connectivity index (χ3n) is 10.2. The first kappa shape index (κ1) is 58.8. The maximum absolute atomic E-state index is 12.8. The molecule has 3 unspecified atom stereocenters. The number of rotatable bonds is 36. The Morgan fingerprint density at radius 1 is 0.818 bits per heavy atom. The number of carbonyl (C=O) groups is 2. The number of aliphatic hydroxyl groups is 3. The van der Waals surface area contributed by atoms with E-state index < -0.39 is 83.7 Å². The summed E-state index contributed by atoms with van der Waals surface area (Å²) in [4.78, 5) is 61.6. The summed E-state index contributed by atoms with van der Waals surface area (Å²) in [5.74, 6) is -0.716. The number of carbonyl (C=O) groups excluding carboxylic acids is 2. The number of phosphoric acid groups is 2. The van der Waals surface area contributed by atoms with Crippen LogP contribution in [0.15, 0.2) is 65.7 Å². The molecule has 2 heterocycles. The normalized spacial score (nSPS) is 20.7. The van der Waals surface area contributed by atoms with Gasteiger partial charge in [-0.05, 0) is 63.4 Å². The first-order chi connectivity index (χ1) is 31.4. The number of nitrogen functional groups attached to an aromatic ring is 1. The van der Waals surface area contributed by atoms with E-state index in [4.69, 9.17) is 29.0 Å². The van der Waals surface area contributed by atoms with E-state index in [0.717, 1.165) is 75.0 Å². The minimum Gasteiger partial charge on any atom is -0.462 e. The average molecular weight is 976 g/mol. The first-order valence-corrected chi connectivity index (χ1v) is 26.1. The SMILES string of the molecule is CCCC(O)C/C=C\C/C=C\C/C=C\C/C=C\CCCC(=O)OC[C@H](COP(=O)(O)OP(=O)(O)OC[C@H]1O[C@@H](n2ccc(N)nc2=O)[C@H](O)[C@@H]1O)OC(=O)CCCCCCCCCC(C)C. The van der Waals surface area contributed by atoms with Gasteiger partial charge in [0.15, 0.2) is 12.3 Å². The van der Waals surface area contributed by atoms with Gasteiger partial charge in [0, 0.05) is 19.0 Å². The summed E-state index contributed by atoms with van der Waals surface area (Å²) in [6, 6.07) is 1.24. The van der Waals surface area contributed by atoms with E-state index in [0.29, 0.717) is 31.6 Å². The standard InChI is InChI=1S/C45H75N3O16P2/c1-4-25-36(49)27-22-18-14-10-8-6-5-7-9-11-15-19-23-28-40(50)59-32-37(62-41(51)29-24-20-16-12-13-17-21-26-35(2)3)33-60-65(55,56)64-66(57,58)61-34-38-42(52)43(53)44(63-38)48-31-30-39(46)47-45(48)54/h5,7-8,10-11,15,18,22,30-31,35-38,42-44,49,52-53H,4,6,9,12-14,16-17,19-21,23-29,32-34H2,1-3H3,(H,55,56)(H,57,58)(H2,46,47,54)/b7-5-,10-8-,15-11-,22-18-/t36?,37-,38-,42-,43-,44-/m1/s1. The Balaban J connectivity index is 1.84. The number of ether oxygens (including phenoxy) is 3. The van der Waals surface area contributed by atoms with Gasteiger partial charge in [-0.25, -0.2) is 13.9 Å². The lowest BCUT2D eigenvalue weighted by molar-refractivity contribution is -0.161. The number of hydrogen-bond donors (Lipinski definition) is 6. The molecule has 7 N–H and O–H groups in total. The van der Waals surface area contributed by atoms with Gasteiger partial charge in [-0.2, -0.15) is 9.29 Å². The van der Waals surface area contributed by atoms with Gasteiger partial charge in [-0.15, -0.1) is 0 Å². The number of hydrogen-bond acceptors (Lipinski definition) is 16. The second-order valence-corrected chi connectivity index (χ2v) is 19.6. The van der Waals surface area contributed by atoms with E-state index in [2.05, 4.69) is 41.4 Å². The van der Waals surface area contributed by atoms with Gasteiger partial charge in [0.2, 0.25) is 0 Å². The van der Waals surface area contributed by atoms with Crippen molar-refractivity contribution in [2.75, 3.05) is 25.6 Å². The second kappa shape index (κ2) is 33.2. The van der Waals surface area contributed by atoms with Crippen molar-refractivity contribution >= 4 is 33.4 Å². The minimum atomic E-state index is -5.43. The highest BCUT2D eigenvalue weighted by atomic mass is 31.3. The van der Waals surface area contributed by atoms with Gasteiger partial charge in [0.25, 0.3) is 0 Å². The highest BCUT2D eigenvalue weighted by molar-refractivity contribution is 7.61. The summed E-state index contributed by atoms with van der Waals surface area (Å²) in [7, 11) is -10.9. The van der Waals surface area contributed by atoms with Crippen molar-refractivity contribution in [1.82, 2.24) is 9.55 Å². The van der Waals surface area contributed by atoms with Crippen molar-refractivity contribution in [3.05, 3.63) is 71.4 Å². The molecule has 19 nitrogen and oxygen atoms in total. The summed E-state index contributed by atoms with van der Waals surface area (Å²) < 4.78 is 56.5. The Kier molecular flexibility index (Phi) is 29.6. The molecule has 1 fully saturated rings. The Labute approximate surface area is 389 Å². The molecule has 8 atom stereocenters. The van der Waals surface area contributed by atoms with Gasteiger partial charge in [-0.3, -0.25) is 23.2 Å². The number of unbranched alkanes of at least 4 members (excludes halogenated alkanes) is 7. The average Bonchev–Trinajstić information content (AvgIpc) is 3.53. The Bertz CT molecular complexity index is 1820. The molecule has 0 aliphatic carbocycles. The highest BCUT2D eigenvalue weighted by Gasteiger charge is 2.46. The van der Waals surface area contributed by atoms with Crippen LogP contribution in [-0.2, 0) is 46.3 Å². The monoisotopic (exact) mass is 975 g/mol.